The number of carbonyl (C=O) groups excluding carboxylic acids is 2. The highest BCUT2D eigenvalue weighted by Gasteiger charge is 2.27. The van der Waals surface area contributed by atoms with E-state index in [-0.39, 0.29) is 5.91 Å². The number of urea groups is 1. The van der Waals surface area contributed by atoms with Gasteiger partial charge in [-0.15, -0.1) is 0 Å². The molecule has 3 rings (SSSR count). The van der Waals surface area contributed by atoms with Gasteiger partial charge in [-0.1, -0.05) is 0 Å². The normalized spacial score (nSPS) is 13.3. The summed E-state index contributed by atoms with van der Waals surface area (Å²) < 4.78 is 0. The summed E-state index contributed by atoms with van der Waals surface area (Å²) >= 11 is 1.55. The Morgan fingerprint density at radius 2 is 2.35 bits per heavy atom. The number of thiophene rings is 1. The minimum absolute atomic E-state index is 0.118. The van der Waals surface area contributed by atoms with Crippen LogP contribution in [0.25, 0.3) is 0 Å². The summed E-state index contributed by atoms with van der Waals surface area (Å²) in [5.41, 5.74) is 7.78. The summed E-state index contributed by atoms with van der Waals surface area (Å²) in [6, 6.07) is 1.43. The van der Waals surface area contributed by atoms with Crippen LogP contribution in [0.4, 0.5) is 10.6 Å². The van der Waals surface area contributed by atoms with Crippen LogP contribution in [0.15, 0.2) is 16.8 Å². The summed E-state index contributed by atoms with van der Waals surface area (Å²) in [5, 5.41) is 13.5. The molecule has 104 valence electrons. The van der Waals surface area contributed by atoms with Crippen molar-refractivity contribution in [3.63, 3.8) is 0 Å². The molecule has 0 radical (unpaired) electrons. The highest BCUT2D eigenvalue weighted by molar-refractivity contribution is 7.08. The number of rotatable bonds is 3. The lowest BCUT2D eigenvalue weighted by Crippen LogP contribution is -2.31. The molecule has 1 aliphatic rings. The van der Waals surface area contributed by atoms with Crippen LogP contribution >= 0.6 is 11.3 Å². The number of anilines is 1. The van der Waals surface area contributed by atoms with Crippen molar-refractivity contribution in [3.05, 3.63) is 33.6 Å². The highest BCUT2D eigenvalue weighted by atomic mass is 32.1. The van der Waals surface area contributed by atoms with E-state index in [2.05, 4.69) is 15.5 Å². The lowest BCUT2D eigenvalue weighted by atomic mass is 10.2. The number of hydrogen-bond donors (Lipinski definition) is 3. The van der Waals surface area contributed by atoms with E-state index >= 15 is 0 Å². The molecule has 3 amide bonds. The van der Waals surface area contributed by atoms with Crippen LogP contribution in [0.3, 0.4) is 0 Å². The third kappa shape index (κ3) is 2.37. The number of nitrogens with one attached hydrogen (secondary N) is 2. The summed E-state index contributed by atoms with van der Waals surface area (Å²) in [5.74, 6) is 0.427. The van der Waals surface area contributed by atoms with Gasteiger partial charge in [-0.2, -0.15) is 16.4 Å². The van der Waals surface area contributed by atoms with E-state index in [1.165, 1.54) is 4.90 Å². The van der Waals surface area contributed by atoms with Crippen LogP contribution in [0.2, 0.25) is 0 Å². The molecule has 0 spiro atoms. The fourth-order valence-electron chi connectivity index (χ4n) is 2.15. The molecule has 3 heterocycles. The predicted molar refractivity (Wildman–Crippen MR) is 74.1 cm³/mol. The fraction of sp³-hybridized carbons (Fsp3) is 0.250. The summed E-state index contributed by atoms with van der Waals surface area (Å²) in [6.07, 6.45) is 0.316. The first-order valence-corrected chi connectivity index (χ1v) is 6.99. The first-order valence-electron chi connectivity index (χ1n) is 6.05. The molecule has 0 saturated heterocycles. The van der Waals surface area contributed by atoms with Crippen LogP contribution < -0.4 is 11.1 Å². The van der Waals surface area contributed by atoms with Crippen LogP contribution in [0.5, 0.6) is 0 Å². The molecule has 1 aliphatic heterocycles. The number of aromatic amines is 1. The number of amides is 3. The Morgan fingerprint density at radius 3 is 3.05 bits per heavy atom. The third-order valence-corrected chi connectivity index (χ3v) is 3.90. The second-order valence-electron chi connectivity index (χ2n) is 4.57. The topological polar surface area (TPSA) is 104 Å². The smallest absolute Gasteiger partial charge is 0.315 e. The van der Waals surface area contributed by atoms with Crippen LogP contribution in [0.1, 0.15) is 16.8 Å². The van der Waals surface area contributed by atoms with Gasteiger partial charge in [0.2, 0.25) is 5.91 Å². The quantitative estimate of drug-likeness (QED) is 0.787. The van der Waals surface area contributed by atoms with E-state index in [4.69, 9.17) is 5.73 Å². The maximum absolute atomic E-state index is 11.9. The molecule has 0 aliphatic carbocycles. The number of H-pyrrole nitrogens is 1. The zero-order valence-electron chi connectivity index (χ0n) is 10.5. The standard InChI is InChI=1S/C12H13N5O2S/c13-12(19)17-4-8-9(5-17)15-16-11(8)14-10(18)3-7-1-2-20-6-7/h1-2,6H,3-5H2,(H2,13,19)(H2,14,15,16,18). The zero-order valence-corrected chi connectivity index (χ0v) is 11.4. The second kappa shape index (κ2) is 4.97. The van der Waals surface area contributed by atoms with Gasteiger partial charge in [-0.25, -0.2) is 4.79 Å². The van der Waals surface area contributed by atoms with Crippen molar-refractivity contribution in [2.75, 3.05) is 5.32 Å². The molecular formula is C12H13N5O2S. The Balaban J connectivity index is 1.68. The zero-order chi connectivity index (χ0) is 14.1. The maximum Gasteiger partial charge on any atom is 0.315 e. The predicted octanol–water partition coefficient (Wildman–Crippen LogP) is 1.05. The van der Waals surface area contributed by atoms with Gasteiger partial charge >= 0.3 is 6.03 Å². The molecule has 4 N–H and O–H groups in total. The molecule has 20 heavy (non-hydrogen) atoms. The molecule has 7 nitrogen and oxygen atoms in total. The largest absolute Gasteiger partial charge is 0.351 e. The van der Waals surface area contributed by atoms with Crippen LogP contribution in [-0.2, 0) is 24.3 Å². The number of hydrogen-bond acceptors (Lipinski definition) is 4. The van der Waals surface area contributed by atoms with Gasteiger partial charge in [0.05, 0.1) is 25.2 Å². The SMILES string of the molecule is NC(=O)N1Cc2n[nH]c(NC(=O)Cc3ccsc3)c2C1. The average molecular weight is 291 g/mol. The van der Waals surface area contributed by atoms with Gasteiger partial charge in [0.25, 0.3) is 0 Å². The molecule has 2 aromatic heterocycles. The maximum atomic E-state index is 11.9. The minimum Gasteiger partial charge on any atom is -0.351 e. The number of nitrogens with zero attached hydrogens (tertiary/aromatic N) is 2. The van der Waals surface area contributed by atoms with Crippen molar-refractivity contribution in [2.45, 2.75) is 19.5 Å². The average Bonchev–Trinajstić information content (AvgIpc) is 3.07. The van der Waals surface area contributed by atoms with Gasteiger partial charge in [-0.05, 0) is 22.4 Å². The Hall–Kier alpha value is -2.35. The summed E-state index contributed by atoms with van der Waals surface area (Å²) in [6.45, 7) is 0.747. The van der Waals surface area contributed by atoms with Gasteiger partial charge in [-0.3, -0.25) is 9.89 Å². The van der Waals surface area contributed by atoms with Crippen molar-refractivity contribution >= 4 is 29.1 Å². The molecule has 0 bridgehead atoms. The molecule has 8 heteroatoms. The highest BCUT2D eigenvalue weighted by Crippen LogP contribution is 2.26. The van der Waals surface area contributed by atoms with Gasteiger partial charge < -0.3 is 16.0 Å². The van der Waals surface area contributed by atoms with Crippen molar-refractivity contribution in [3.8, 4) is 0 Å². The Morgan fingerprint density at radius 1 is 1.50 bits per heavy atom. The van der Waals surface area contributed by atoms with Crippen LogP contribution in [-0.4, -0.2) is 27.0 Å². The minimum atomic E-state index is -0.487. The molecule has 2 aromatic rings. The van der Waals surface area contributed by atoms with E-state index in [1.807, 2.05) is 16.8 Å². The molecule has 0 unspecified atom stereocenters. The second-order valence-corrected chi connectivity index (χ2v) is 5.35. The van der Waals surface area contributed by atoms with Crippen LogP contribution in [0, 0.1) is 0 Å². The van der Waals surface area contributed by atoms with Gasteiger partial charge in [0.15, 0.2) is 0 Å². The Bertz CT molecular complexity index is 649. The van der Waals surface area contributed by atoms with E-state index < -0.39 is 6.03 Å². The molecular weight excluding hydrogens is 278 g/mol. The fourth-order valence-corrected chi connectivity index (χ4v) is 2.82. The number of carbonyl (C=O) groups is 2. The number of primary amides is 1. The van der Waals surface area contributed by atoms with Gasteiger partial charge in [0.1, 0.15) is 5.82 Å². The summed E-state index contributed by atoms with van der Waals surface area (Å²) in [4.78, 5) is 24.5. The van der Waals surface area contributed by atoms with Crippen molar-refractivity contribution in [1.29, 1.82) is 0 Å². The first kappa shape index (κ1) is 12.7. The molecule has 0 fully saturated rings. The third-order valence-electron chi connectivity index (χ3n) is 3.16. The summed E-state index contributed by atoms with van der Waals surface area (Å²) in [7, 11) is 0. The Labute approximate surface area is 118 Å². The van der Waals surface area contributed by atoms with E-state index in [0.717, 1.165) is 16.8 Å². The monoisotopic (exact) mass is 291 g/mol. The van der Waals surface area contributed by atoms with Crippen molar-refractivity contribution in [2.24, 2.45) is 5.73 Å². The number of fused-ring (bicyclic) bond motifs is 1. The number of nitrogens with two attached hydrogens (primary N) is 1. The Kier molecular flexibility index (Phi) is 3.15. The van der Waals surface area contributed by atoms with E-state index in [9.17, 15) is 9.59 Å². The molecule has 0 saturated carbocycles. The molecule has 0 aromatic carbocycles. The molecule has 0 atom stereocenters. The van der Waals surface area contributed by atoms with Crippen molar-refractivity contribution < 1.29 is 9.59 Å². The lowest BCUT2D eigenvalue weighted by Gasteiger charge is -2.11. The van der Waals surface area contributed by atoms with Gasteiger partial charge in [0, 0.05) is 5.56 Å². The lowest BCUT2D eigenvalue weighted by molar-refractivity contribution is -0.115. The first-order chi connectivity index (χ1) is 9.63. The van der Waals surface area contributed by atoms with E-state index in [1.54, 1.807) is 11.3 Å². The van der Waals surface area contributed by atoms with Crippen molar-refractivity contribution in [1.82, 2.24) is 15.1 Å². The number of aromatic nitrogens is 2. The van der Waals surface area contributed by atoms with E-state index in [0.29, 0.717) is 25.3 Å².